The molecule has 0 heterocycles. The van der Waals surface area contributed by atoms with Crippen LogP contribution in [0, 0.1) is 5.92 Å². The lowest BCUT2D eigenvalue weighted by molar-refractivity contribution is -0.137. The van der Waals surface area contributed by atoms with Crippen LogP contribution in [0.25, 0.3) is 0 Å². The molecule has 0 spiro atoms. The van der Waals surface area contributed by atoms with Gasteiger partial charge in [0, 0.05) is 19.5 Å². The average molecular weight is 242 g/mol. The molecule has 0 aromatic carbocycles. The van der Waals surface area contributed by atoms with Gasteiger partial charge in [-0.05, 0) is 32.1 Å². The summed E-state index contributed by atoms with van der Waals surface area (Å²) in [6.07, 6.45) is 3.80. The van der Waals surface area contributed by atoms with Crippen LogP contribution in [0.3, 0.4) is 0 Å². The number of carboxylic acids is 1. The third-order valence-corrected chi connectivity index (χ3v) is 3.38. The maximum Gasteiger partial charge on any atom is 0.303 e. The minimum absolute atomic E-state index is 0.0477. The molecule has 0 bridgehead atoms. The second-order valence-corrected chi connectivity index (χ2v) is 4.71. The van der Waals surface area contributed by atoms with Gasteiger partial charge in [0.1, 0.15) is 0 Å². The number of hydrogen-bond donors (Lipinski definition) is 2. The normalized spacial score (nSPS) is 17.3. The lowest BCUT2D eigenvalue weighted by atomic mass is 9.85. The van der Waals surface area contributed by atoms with Gasteiger partial charge in [0.2, 0.25) is 5.91 Å². The predicted octanol–water partition coefficient (Wildman–Crippen LogP) is 0.827. The largest absolute Gasteiger partial charge is 0.481 e. The minimum Gasteiger partial charge on any atom is -0.481 e. The maximum atomic E-state index is 12.0. The standard InChI is InChI=1S/C12H22N2O3/c1-2-14(8-9-4-3-5-9)12(17)10(13)6-7-11(15)16/h9-10H,2-8,13H2,1H3,(H,15,16). The molecule has 1 amide bonds. The summed E-state index contributed by atoms with van der Waals surface area (Å²) in [7, 11) is 0. The number of hydrogen-bond acceptors (Lipinski definition) is 3. The Balaban J connectivity index is 2.37. The summed E-state index contributed by atoms with van der Waals surface area (Å²) in [5.41, 5.74) is 5.72. The van der Waals surface area contributed by atoms with Gasteiger partial charge in [-0.15, -0.1) is 0 Å². The van der Waals surface area contributed by atoms with Crippen molar-refractivity contribution >= 4 is 11.9 Å². The molecular weight excluding hydrogens is 220 g/mol. The Kier molecular flexibility index (Phi) is 5.41. The minimum atomic E-state index is -0.907. The van der Waals surface area contributed by atoms with E-state index in [2.05, 4.69) is 0 Å². The van der Waals surface area contributed by atoms with Crippen molar-refractivity contribution in [3.8, 4) is 0 Å². The molecule has 98 valence electrons. The third-order valence-electron chi connectivity index (χ3n) is 3.38. The predicted molar refractivity (Wildman–Crippen MR) is 64.4 cm³/mol. The highest BCUT2D eigenvalue weighted by Gasteiger charge is 2.25. The summed E-state index contributed by atoms with van der Waals surface area (Å²) < 4.78 is 0. The van der Waals surface area contributed by atoms with Crippen LogP contribution < -0.4 is 5.73 Å². The van der Waals surface area contributed by atoms with Crippen LogP contribution in [0.2, 0.25) is 0 Å². The Bertz CT molecular complexity index is 277. The molecule has 1 unspecified atom stereocenters. The number of rotatable bonds is 7. The highest BCUT2D eigenvalue weighted by atomic mass is 16.4. The van der Waals surface area contributed by atoms with Crippen molar-refractivity contribution in [3.63, 3.8) is 0 Å². The summed E-state index contributed by atoms with van der Waals surface area (Å²) in [6, 6.07) is -0.675. The summed E-state index contributed by atoms with van der Waals surface area (Å²) in [4.78, 5) is 24.1. The van der Waals surface area contributed by atoms with E-state index in [-0.39, 0.29) is 18.7 Å². The highest BCUT2D eigenvalue weighted by molar-refractivity contribution is 5.82. The summed E-state index contributed by atoms with van der Waals surface area (Å²) >= 11 is 0. The van der Waals surface area contributed by atoms with Crippen LogP contribution in [0.5, 0.6) is 0 Å². The quantitative estimate of drug-likeness (QED) is 0.692. The van der Waals surface area contributed by atoms with Gasteiger partial charge in [-0.2, -0.15) is 0 Å². The molecule has 1 saturated carbocycles. The number of nitrogens with two attached hydrogens (primary N) is 1. The molecule has 5 heteroatoms. The van der Waals surface area contributed by atoms with Crippen molar-refractivity contribution in [2.24, 2.45) is 11.7 Å². The number of carbonyl (C=O) groups excluding carboxylic acids is 1. The van der Waals surface area contributed by atoms with Crippen molar-refractivity contribution < 1.29 is 14.7 Å². The fourth-order valence-corrected chi connectivity index (χ4v) is 2.00. The van der Waals surface area contributed by atoms with Crippen molar-refractivity contribution in [2.45, 2.75) is 45.1 Å². The monoisotopic (exact) mass is 242 g/mol. The number of carboxylic acid groups (broad SMARTS) is 1. The van der Waals surface area contributed by atoms with E-state index in [0.717, 1.165) is 6.54 Å². The fraction of sp³-hybridized carbons (Fsp3) is 0.833. The summed E-state index contributed by atoms with van der Waals surface area (Å²) in [5, 5.41) is 8.55. The average Bonchev–Trinajstić information content (AvgIpc) is 2.24. The number of aliphatic carboxylic acids is 1. The number of amides is 1. The van der Waals surface area contributed by atoms with E-state index < -0.39 is 12.0 Å². The molecule has 0 aliphatic heterocycles. The van der Waals surface area contributed by atoms with Gasteiger partial charge >= 0.3 is 5.97 Å². The van der Waals surface area contributed by atoms with Crippen LogP contribution in [0.4, 0.5) is 0 Å². The zero-order valence-electron chi connectivity index (χ0n) is 10.4. The highest BCUT2D eigenvalue weighted by Crippen LogP contribution is 2.27. The van der Waals surface area contributed by atoms with Crippen LogP contribution in [0.15, 0.2) is 0 Å². The second-order valence-electron chi connectivity index (χ2n) is 4.71. The molecule has 1 rings (SSSR count). The van der Waals surface area contributed by atoms with Crippen LogP contribution >= 0.6 is 0 Å². The molecule has 0 saturated heterocycles. The lowest BCUT2D eigenvalue weighted by Gasteiger charge is -2.33. The molecule has 3 N–H and O–H groups in total. The van der Waals surface area contributed by atoms with Gasteiger partial charge in [0.25, 0.3) is 0 Å². The topological polar surface area (TPSA) is 83.6 Å². The van der Waals surface area contributed by atoms with Crippen LogP contribution in [0.1, 0.15) is 39.0 Å². The molecule has 0 aromatic heterocycles. The summed E-state index contributed by atoms with van der Waals surface area (Å²) in [5.74, 6) is -0.401. The third kappa shape index (κ3) is 4.34. The molecule has 1 atom stereocenters. The van der Waals surface area contributed by atoms with Crippen molar-refractivity contribution in [1.82, 2.24) is 4.90 Å². The molecule has 0 radical (unpaired) electrons. The Morgan fingerprint density at radius 2 is 2.12 bits per heavy atom. The molecule has 0 aromatic rings. The van der Waals surface area contributed by atoms with Crippen LogP contribution in [-0.4, -0.2) is 41.0 Å². The van der Waals surface area contributed by atoms with Gasteiger partial charge in [0.05, 0.1) is 6.04 Å². The van der Waals surface area contributed by atoms with Crippen molar-refractivity contribution in [2.75, 3.05) is 13.1 Å². The first-order valence-corrected chi connectivity index (χ1v) is 6.30. The number of nitrogens with zero attached hydrogens (tertiary/aromatic N) is 1. The molecule has 1 fully saturated rings. The van der Waals surface area contributed by atoms with Crippen molar-refractivity contribution in [3.05, 3.63) is 0 Å². The first kappa shape index (κ1) is 14.0. The second kappa shape index (κ2) is 6.59. The Morgan fingerprint density at radius 3 is 2.53 bits per heavy atom. The van der Waals surface area contributed by atoms with E-state index in [1.807, 2.05) is 6.92 Å². The first-order chi connectivity index (χ1) is 8.04. The number of carbonyl (C=O) groups is 2. The van der Waals surface area contributed by atoms with Gasteiger partial charge in [-0.25, -0.2) is 0 Å². The molecule has 17 heavy (non-hydrogen) atoms. The molecular formula is C12H22N2O3. The van der Waals surface area contributed by atoms with Crippen molar-refractivity contribution in [1.29, 1.82) is 0 Å². The van der Waals surface area contributed by atoms with E-state index >= 15 is 0 Å². The SMILES string of the molecule is CCN(CC1CCC1)C(=O)C(N)CCC(=O)O. The van der Waals surface area contributed by atoms with Gasteiger partial charge in [-0.1, -0.05) is 6.42 Å². The van der Waals surface area contributed by atoms with Gasteiger partial charge < -0.3 is 15.7 Å². The van der Waals surface area contributed by atoms with Crippen LogP contribution in [-0.2, 0) is 9.59 Å². The van der Waals surface area contributed by atoms with E-state index in [1.165, 1.54) is 19.3 Å². The molecule has 1 aliphatic rings. The summed E-state index contributed by atoms with van der Waals surface area (Å²) in [6.45, 7) is 3.35. The smallest absolute Gasteiger partial charge is 0.303 e. The first-order valence-electron chi connectivity index (χ1n) is 6.30. The van der Waals surface area contributed by atoms with E-state index in [0.29, 0.717) is 12.5 Å². The Hall–Kier alpha value is -1.10. The Labute approximate surface area is 102 Å². The van der Waals surface area contributed by atoms with E-state index in [4.69, 9.17) is 10.8 Å². The fourth-order valence-electron chi connectivity index (χ4n) is 2.00. The zero-order chi connectivity index (χ0) is 12.8. The van der Waals surface area contributed by atoms with E-state index in [1.54, 1.807) is 4.90 Å². The lowest BCUT2D eigenvalue weighted by Crippen LogP contribution is -2.46. The van der Waals surface area contributed by atoms with E-state index in [9.17, 15) is 9.59 Å². The zero-order valence-corrected chi connectivity index (χ0v) is 10.4. The van der Waals surface area contributed by atoms with Gasteiger partial charge in [-0.3, -0.25) is 9.59 Å². The molecule has 1 aliphatic carbocycles. The Morgan fingerprint density at radius 1 is 1.47 bits per heavy atom. The maximum absolute atomic E-state index is 12.0. The molecule has 5 nitrogen and oxygen atoms in total. The van der Waals surface area contributed by atoms with Gasteiger partial charge in [0.15, 0.2) is 0 Å². The number of likely N-dealkylation sites (N-methyl/N-ethyl adjacent to an activating group) is 1.